The number of cyclic esters (lactones) is 1. The van der Waals surface area contributed by atoms with E-state index in [1.165, 1.54) is 0 Å². The summed E-state index contributed by atoms with van der Waals surface area (Å²) in [4.78, 5) is 35.9. The predicted octanol–water partition coefficient (Wildman–Crippen LogP) is 2.96. The van der Waals surface area contributed by atoms with Gasteiger partial charge in [0.05, 0.1) is 6.61 Å². The molecule has 6 nitrogen and oxygen atoms in total. The summed E-state index contributed by atoms with van der Waals surface area (Å²) in [5.74, 6) is -2.35. The Labute approximate surface area is 149 Å². The Hall–Kier alpha value is -0.720. The molecule has 0 aromatic rings. The Bertz CT molecular complexity index is 462. The molecule has 132 valence electrons. The molecule has 1 fully saturated rings. The quantitative estimate of drug-likeness (QED) is 0.288. The van der Waals surface area contributed by atoms with Crippen molar-refractivity contribution < 1.29 is 28.6 Å². The van der Waals surface area contributed by atoms with Gasteiger partial charge in [-0.05, 0) is 13.3 Å². The largest absolute Gasteiger partial charge is 0.465 e. The first-order valence-electron chi connectivity index (χ1n) is 7.29. The van der Waals surface area contributed by atoms with E-state index in [1.807, 2.05) is 6.92 Å². The van der Waals surface area contributed by atoms with Crippen molar-refractivity contribution in [1.29, 1.82) is 0 Å². The van der Waals surface area contributed by atoms with Crippen molar-refractivity contribution >= 4 is 52.7 Å². The van der Waals surface area contributed by atoms with Gasteiger partial charge >= 0.3 is 17.9 Å². The molecule has 0 N–H and O–H groups in total. The zero-order valence-corrected chi connectivity index (χ0v) is 15.2. The standard InChI is InChI=1S/C14H19Cl3O6/c1-3-5-6-13(10(18)21-4-2)7-9(23-11(13)19)8-22-12(20)14(15,16)17/h9H,3-8H2,1-2H3. The third kappa shape index (κ3) is 5.13. The van der Waals surface area contributed by atoms with Gasteiger partial charge in [0, 0.05) is 6.42 Å². The summed E-state index contributed by atoms with van der Waals surface area (Å²) >= 11 is 16.2. The maximum atomic E-state index is 12.2. The van der Waals surface area contributed by atoms with Crippen LogP contribution in [0.2, 0.25) is 0 Å². The molecule has 2 unspecified atom stereocenters. The van der Waals surface area contributed by atoms with Crippen LogP contribution in [0.1, 0.15) is 39.5 Å². The smallest absolute Gasteiger partial charge is 0.358 e. The zero-order valence-electron chi connectivity index (χ0n) is 12.9. The minimum Gasteiger partial charge on any atom is -0.465 e. The molecule has 1 aliphatic heterocycles. The topological polar surface area (TPSA) is 78.9 Å². The van der Waals surface area contributed by atoms with Gasteiger partial charge < -0.3 is 14.2 Å². The summed E-state index contributed by atoms with van der Waals surface area (Å²) in [5.41, 5.74) is -1.36. The average Bonchev–Trinajstić information content (AvgIpc) is 2.79. The maximum Gasteiger partial charge on any atom is 0.358 e. The molecule has 2 atom stereocenters. The van der Waals surface area contributed by atoms with E-state index in [2.05, 4.69) is 0 Å². The Balaban J connectivity index is 2.77. The van der Waals surface area contributed by atoms with Crippen LogP contribution in [0.15, 0.2) is 0 Å². The predicted molar refractivity (Wildman–Crippen MR) is 84.3 cm³/mol. The first kappa shape index (κ1) is 20.3. The fourth-order valence-electron chi connectivity index (χ4n) is 2.34. The van der Waals surface area contributed by atoms with Crippen molar-refractivity contribution in [3.05, 3.63) is 0 Å². The molecule has 1 aliphatic rings. The fourth-order valence-corrected chi connectivity index (χ4v) is 2.51. The molecule has 0 radical (unpaired) electrons. The van der Waals surface area contributed by atoms with Gasteiger partial charge in [-0.15, -0.1) is 0 Å². The minimum atomic E-state index is -2.21. The SMILES string of the molecule is CCCCC1(C(=O)OCC)CC(COC(=O)C(Cl)(Cl)Cl)OC1=O. The third-order valence-electron chi connectivity index (χ3n) is 3.50. The Morgan fingerprint density at radius 2 is 1.96 bits per heavy atom. The molecule has 1 heterocycles. The van der Waals surface area contributed by atoms with Gasteiger partial charge in [-0.3, -0.25) is 9.59 Å². The summed E-state index contributed by atoms with van der Waals surface area (Å²) < 4.78 is 12.8. The molecule has 1 saturated heterocycles. The first-order valence-corrected chi connectivity index (χ1v) is 8.43. The van der Waals surface area contributed by atoms with Gasteiger partial charge in [0.15, 0.2) is 5.41 Å². The highest BCUT2D eigenvalue weighted by atomic mass is 35.6. The average molecular weight is 390 g/mol. The lowest BCUT2D eigenvalue weighted by molar-refractivity contribution is -0.166. The number of hydrogen-bond donors (Lipinski definition) is 0. The highest BCUT2D eigenvalue weighted by Gasteiger charge is 2.55. The summed E-state index contributed by atoms with van der Waals surface area (Å²) in [7, 11) is 0. The number of unbranched alkanes of at least 4 members (excludes halogenated alkanes) is 1. The van der Waals surface area contributed by atoms with Crippen LogP contribution >= 0.6 is 34.8 Å². The number of ether oxygens (including phenoxy) is 3. The van der Waals surface area contributed by atoms with Crippen molar-refractivity contribution in [1.82, 2.24) is 0 Å². The van der Waals surface area contributed by atoms with E-state index in [1.54, 1.807) is 6.92 Å². The van der Waals surface area contributed by atoms with E-state index in [0.717, 1.165) is 6.42 Å². The number of rotatable bonds is 7. The van der Waals surface area contributed by atoms with Crippen molar-refractivity contribution in [3.8, 4) is 0 Å². The van der Waals surface area contributed by atoms with Crippen LogP contribution in [0, 0.1) is 5.41 Å². The summed E-state index contributed by atoms with van der Waals surface area (Å²) in [6.07, 6.45) is 1.07. The van der Waals surface area contributed by atoms with Crippen LogP contribution in [0.3, 0.4) is 0 Å². The van der Waals surface area contributed by atoms with E-state index >= 15 is 0 Å². The fraction of sp³-hybridized carbons (Fsp3) is 0.786. The molecule has 0 amide bonds. The van der Waals surface area contributed by atoms with Gasteiger partial charge in [0.2, 0.25) is 0 Å². The van der Waals surface area contributed by atoms with E-state index in [0.29, 0.717) is 12.8 Å². The van der Waals surface area contributed by atoms with Crippen molar-refractivity contribution in [2.24, 2.45) is 5.41 Å². The van der Waals surface area contributed by atoms with Crippen LogP contribution in [-0.2, 0) is 28.6 Å². The normalized spacial score (nSPS) is 24.2. The number of alkyl halides is 3. The first-order chi connectivity index (χ1) is 10.7. The maximum absolute atomic E-state index is 12.2. The lowest BCUT2D eigenvalue weighted by Gasteiger charge is -2.22. The molecule has 0 aromatic carbocycles. The van der Waals surface area contributed by atoms with Crippen LogP contribution in [-0.4, -0.2) is 41.0 Å². The van der Waals surface area contributed by atoms with Gasteiger partial charge in [0.25, 0.3) is 3.79 Å². The zero-order chi connectivity index (χ0) is 17.7. The molecule has 0 bridgehead atoms. The van der Waals surface area contributed by atoms with Gasteiger partial charge in [-0.25, -0.2) is 4.79 Å². The highest BCUT2D eigenvalue weighted by molar-refractivity contribution is 6.75. The molecule has 9 heteroatoms. The van der Waals surface area contributed by atoms with Gasteiger partial charge in [-0.2, -0.15) is 0 Å². The molecular formula is C14H19Cl3O6. The van der Waals surface area contributed by atoms with Crippen LogP contribution in [0.5, 0.6) is 0 Å². The Kier molecular flexibility index (Phi) is 7.42. The second kappa shape index (κ2) is 8.40. The molecular weight excluding hydrogens is 371 g/mol. The lowest BCUT2D eigenvalue weighted by Crippen LogP contribution is -2.37. The monoisotopic (exact) mass is 388 g/mol. The third-order valence-corrected chi connectivity index (χ3v) is 3.96. The molecule has 23 heavy (non-hydrogen) atoms. The van der Waals surface area contributed by atoms with E-state index < -0.39 is 33.2 Å². The highest BCUT2D eigenvalue weighted by Crippen LogP contribution is 2.40. The molecule has 0 saturated carbocycles. The van der Waals surface area contributed by atoms with Crippen molar-refractivity contribution in [2.75, 3.05) is 13.2 Å². The Morgan fingerprint density at radius 1 is 1.30 bits per heavy atom. The van der Waals surface area contributed by atoms with E-state index in [-0.39, 0.29) is 19.6 Å². The van der Waals surface area contributed by atoms with Gasteiger partial charge in [0.1, 0.15) is 12.7 Å². The second-order valence-electron chi connectivity index (χ2n) is 5.23. The summed E-state index contributed by atoms with van der Waals surface area (Å²) in [6, 6.07) is 0. The van der Waals surface area contributed by atoms with Gasteiger partial charge in [-0.1, -0.05) is 54.6 Å². The number of hydrogen-bond acceptors (Lipinski definition) is 6. The number of halogens is 3. The van der Waals surface area contributed by atoms with E-state index in [9.17, 15) is 14.4 Å². The second-order valence-corrected chi connectivity index (χ2v) is 7.52. The summed E-state index contributed by atoms with van der Waals surface area (Å²) in [5, 5.41) is 0. The minimum absolute atomic E-state index is 0.0673. The molecule has 0 aromatic heterocycles. The van der Waals surface area contributed by atoms with E-state index in [4.69, 9.17) is 49.0 Å². The van der Waals surface area contributed by atoms with Crippen molar-refractivity contribution in [2.45, 2.75) is 49.4 Å². The van der Waals surface area contributed by atoms with Crippen LogP contribution < -0.4 is 0 Å². The summed E-state index contributed by atoms with van der Waals surface area (Å²) in [6.45, 7) is 3.48. The molecule has 1 rings (SSSR count). The van der Waals surface area contributed by atoms with Crippen molar-refractivity contribution in [3.63, 3.8) is 0 Å². The molecule has 0 spiro atoms. The van der Waals surface area contributed by atoms with Crippen LogP contribution in [0.4, 0.5) is 0 Å². The number of carbonyl (C=O) groups excluding carboxylic acids is 3. The molecule has 0 aliphatic carbocycles. The lowest BCUT2D eigenvalue weighted by atomic mass is 9.80. The number of carbonyl (C=O) groups is 3. The van der Waals surface area contributed by atoms with Crippen LogP contribution in [0.25, 0.3) is 0 Å². The number of esters is 3. The Morgan fingerprint density at radius 3 is 2.48 bits per heavy atom.